The summed E-state index contributed by atoms with van der Waals surface area (Å²) in [6.45, 7) is 1.73. The monoisotopic (exact) mass is 681 g/mol. The summed E-state index contributed by atoms with van der Waals surface area (Å²) in [4.78, 5) is 16.7. The number of pyridine rings is 1. The molecule has 260 valence electrons. The number of Topliss-reactive ketones (excluding diaryl/α,β-unsaturated/α-hetero) is 1. The van der Waals surface area contributed by atoms with Gasteiger partial charge in [0.25, 0.3) is 0 Å². The zero-order valence-electron chi connectivity index (χ0n) is 27.6. The molecule has 2 aromatic carbocycles. The molecule has 5 N–H and O–H groups in total. The number of hydrogen-bond acceptors (Lipinski definition) is 9. The third kappa shape index (κ3) is 9.41. The maximum absolute atomic E-state index is 12.3. The van der Waals surface area contributed by atoms with Crippen LogP contribution in [-0.4, -0.2) is 73.4 Å². The molecule has 9 nitrogen and oxygen atoms in total. The minimum absolute atomic E-state index is 0.0310. The number of carbonyl (C=O) groups excluding carboxylic acids is 1. The number of halogens is 1. The van der Waals surface area contributed by atoms with Gasteiger partial charge in [0.2, 0.25) is 0 Å². The first kappa shape index (κ1) is 36.4. The summed E-state index contributed by atoms with van der Waals surface area (Å²) in [6, 6.07) is 14.4. The van der Waals surface area contributed by atoms with Crippen molar-refractivity contribution in [1.82, 2.24) is 4.98 Å². The largest absolute Gasteiger partial charge is 0.490 e. The summed E-state index contributed by atoms with van der Waals surface area (Å²) in [6.07, 6.45) is 5.48. The van der Waals surface area contributed by atoms with Crippen LogP contribution in [0.2, 0.25) is 5.02 Å². The highest BCUT2D eigenvalue weighted by Gasteiger charge is 2.48. The second-order valence-corrected chi connectivity index (χ2v) is 13.7. The summed E-state index contributed by atoms with van der Waals surface area (Å²) in [7, 11) is 0. The van der Waals surface area contributed by atoms with E-state index in [4.69, 9.17) is 26.2 Å². The predicted molar refractivity (Wildman–Crippen MR) is 183 cm³/mol. The second kappa shape index (κ2) is 16.7. The minimum Gasteiger partial charge on any atom is -0.490 e. The van der Waals surface area contributed by atoms with E-state index in [1.165, 1.54) is 5.56 Å². The van der Waals surface area contributed by atoms with Crippen LogP contribution in [0.15, 0.2) is 54.9 Å². The zero-order chi connectivity index (χ0) is 34.3. The van der Waals surface area contributed by atoms with Gasteiger partial charge in [0.15, 0.2) is 0 Å². The van der Waals surface area contributed by atoms with Crippen LogP contribution in [0, 0.1) is 6.92 Å². The Labute approximate surface area is 287 Å². The summed E-state index contributed by atoms with van der Waals surface area (Å²) in [5.41, 5.74) is 6.07. The minimum atomic E-state index is -1.69. The fraction of sp³-hybridized carbons (Fsp3) is 0.526. The van der Waals surface area contributed by atoms with Crippen LogP contribution < -0.4 is 4.74 Å². The van der Waals surface area contributed by atoms with Gasteiger partial charge < -0.3 is 35.0 Å². The molecule has 48 heavy (non-hydrogen) atoms. The molecule has 10 heteroatoms. The number of benzene rings is 2. The van der Waals surface area contributed by atoms with Crippen LogP contribution in [0.5, 0.6) is 5.75 Å². The molecular weight excluding hydrogens is 634 g/mol. The molecule has 0 spiro atoms. The molecule has 2 fully saturated rings. The molecule has 1 aromatic heterocycles. The summed E-state index contributed by atoms with van der Waals surface area (Å²) in [5.74, 6) is 0.861. The second-order valence-electron chi connectivity index (χ2n) is 13.3. The molecule has 0 radical (unpaired) electrons. The number of rotatable bonds is 20. The van der Waals surface area contributed by atoms with Gasteiger partial charge in [0.05, 0.1) is 31.0 Å². The van der Waals surface area contributed by atoms with Gasteiger partial charge in [0, 0.05) is 41.4 Å². The predicted octanol–water partition coefficient (Wildman–Crippen LogP) is 5.35. The van der Waals surface area contributed by atoms with Gasteiger partial charge in [-0.3, -0.25) is 9.78 Å². The highest BCUT2D eigenvalue weighted by atomic mass is 35.5. The molecule has 4 atom stereocenters. The lowest BCUT2D eigenvalue weighted by atomic mass is 9.96. The molecule has 1 heterocycles. The number of aliphatic hydroxyl groups excluding tert-OH is 5. The lowest BCUT2D eigenvalue weighted by Crippen LogP contribution is -2.45. The first-order valence-corrected chi connectivity index (χ1v) is 17.5. The average molecular weight is 682 g/mol. The molecule has 2 saturated carbocycles. The van der Waals surface area contributed by atoms with Crippen LogP contribution in [0.4, 0.5) is 0 Å². The molecule has 3 aromatic rings. The number of nitrogens with zero attached hydrogens (tertiary/aromatic N) is 1. The first-order chi connectivity index (χ1) is 23.1. The Morgan fingerprint density at radius 2 is 1.71 bits per heavy atom. The number of aliphatic hydroxyl groups is 5. The van der Waals surface area contributed by atoms with Crippen molar-refractivity contribution in [3.63, 3.8) is 0 Å². The van der Waals surface area contributed by atoms with Gasteiger partial charge in [0.1, 0.15) is 29.8 Å². The number of ether oxygens (including phenoxy) is 2. The van der Waals surface area contributed by atoms with E-state index in [1.54, 1.807) is 0 Å². The van der Waals surface area contributed by atoms with Gasteiger partial charge in [-0.05, 0) is 98.7 Å². The smallest absolute Gasteiger partial charge is 0.133 e. The standard InChI is InChI=1S/C38H48ClNO8/c1-24-19-26(32(39)20-25(24)7-3-2-4-8-27(42)11-14-33(43)36(45)37(46)34(44)22-41)23-47-38(16-17-38)31-21-40-18-15-29(31)30-9-5-6-10-35(30)48-28-12-13-28/h5-6,9-10,15,18-21,28,33-34,36-37,41,43-46H,2-4,7-8,11-14,16-17,22-23H2,1H3/t33-,34+,36+,37+/m0/s1. The van der Waals surface area contributed by atoms with Crippen molar-refractivity contribution in [1.29, 1.82) is 0 Å². The summed E-state index contributed by atoms with van der Waals surface area (Å²) >= 11 is 6.77. The number of hydrogen-bond donors (Lipinski definition) is 5. The quantitative estimate of drug-likeness (QED) is 0.0996. The Balaban J connectivity index is 1.09. The van der Waals surface area contributed by atoms with Crippen molar-refractivity contribution in [2.75, 3.05) is 6.61 Å². The number of aromatic nitrogens is 1. The Morgan fingerprint density at radius 1 is 0.958 bits per heavy atom. The third-order valence-corrected chi connectivity index (χ3v) is 9.82. The van der Waals surface area contributed by atoms with Crippen molar-refractivity contribution in [2.45, 2.75) is 120 Å². The molecule has 2 aliphatic carbocycles. The van der Waals surface area contributed by atoms with E-state index in [9.17, 15) is 25.2 Å². The highest BCUT2D eigenvalue weighted by Crippen LogP contribution is 2.53. The lowest BCUT2D eigenvalue weighted by Gasteiger charge is -2.25. The van der Waals surface area contributed by atoms with Crippen LogP contribution >= 0.6 is 11.6 Å². The highest BCUT2D eigenvalue weighted by molar-refractivity contribution is 6.31. The topological polar surface area (TPSA) is 150 Å². The molecule has 0 saturated heterocycles. The van der Waals surface area contributed by atoms with Crippen molar-refractivity contribution in [3.05, 3.63) is 82.1 Å². The summed E-state index contributed by atoms with van der Waals surface area (Å²) in [5, 5.41) is 48.6. The fourth-order valence-corrected chi connectivity index (χ4v) is 6.36. The van der Waals surface area contributed by atoms with Gasteiger partial charge >= 0.3 is 0 Å². The zero-order valence-corrected chi connectivity index (χ0v) is 28.3. The normalized spacial score (nSPS) is 17.8. The Bertz CT molecular complexity index is 1520. The average Bonchev–Trinajstić information content (AvgIpc) is 4.04. The molecular formula is C38H48ClNO8. The van der Waals surface area contributed by atoms with Crippen molar-refractivity contribution < 1.29 is 39.8 Å². The SMILES string of the molecule is Cc1cc(COC2(c3cnccc3-c3ccccc3OC3CC3)CC2)c(Cl)cc1CCCCCC(=O)CC[C@H](O)[C@@H](O)[C@H](O)[C@H](O)CO. The maximum atomic E-state index is 12.3. The van der Waals surface area contributed by atoms with E-state index >= 15 is 0 Å². The summed E-state index contributed by atoms with van der Waals surface area (Å²) < 4.78 is 12.9. The number of aryl methyl sites for hydroxylation is 2. The lowest BCUT2D eigenvalue weighted by molar-refractivity contribution is -0.125. The first-order valence-electron chi connectivity index (χ1n) is 17.1. The molecule has 0 aliphatic heterocycles. The molecule has 0 bridgehead atoms. The van der Waals surface area contributed by atoms with Crippen LogP contribution in [0.1, 0.15) is 86.5 Å². The van der Waals surface area contributed by atoms with Crippen molar-refractivity contribution in [2.24, 2.45) is 0 Å². The molecule has 5 rings (SSSR count). The van der Waals surface area contributed by atoms with E-state index in [-0.39, 0.29) is 18.6 Å². The van der Waals surface area contributed by atoms with Crippen molar-refractivity contribution >= 4 is 17.4 Å². The molecule has 0 unspecified atom stereocenters. The fourth-order valence-electron chi connectivity index (χ4n) is 6.12. The molecule has 2 aliphatic rings. The van der Waals surface area contributed by atoms with Crippen LogP contribution in [-0.2, 0) is 28.2 Å². The van der Waals surface area contributed by atoms with Crippen LogP contribution in [0.3, 0.4) is 0 Å². The van der Waals surface area contributed by atoms with E-state index in [0.717, 1.165) is 78.5 Å². The van der Waals surface area contributed by atoms with Gasteiger partial charge in [-0.25, -0.2) is 0 Å². The number of ketones is 1. The number of unbranched alkanes of at least 4 members (excludes halogenated alkanes) is 2. The van der Waals surface area contributed by atoms with Gasteiger partial charge in [-0.15, -0.1) is 0 Å². The van der Waals surface area contributed by atoms with E-state index < -0.39 is 36.6 Å². The Kier molecular flexibility index (Phi) is 12.6. The number of carbonyl (C=O) groups is 1. The van der Waals surface area contributed by atoms with Gasteiger partial charge in [-0.1, -0.05) is 42.3 Å². The van der Waals surface area contributed by atoms with E-state index in [2.05, 4.69) is 24.0 Å². The van der Waals surface area contributed by atoms with Crippen LogP contribution in [0.25, 0.3) is 11.1 Å². The molecule has 0 amide bonds. The number of para-hydroxylation sites is 1. The maximum Gasteiger partial charge on any atom is 0.133 e. The Hall–Kier alpha value is -2.89. The third-order valence-electron chi connectivity index (χ3n) is 9.47. The van der Waals surface area contributed by atoms with E-state index in [1.807, 2.05) is 42.7 Å². The van der Waals surface area contributed by atoms with Gasteiger partial charge in [-0.2, -0.15) is 0 Å². The van der Waals surface area contributed by atoms with Crippen molar-refractivity contribution in [3.8, 4) is 16.9 Å². The van der Waals surface area contributed by atoms with E-state index in [0.29, 0.717) is 30.6 Å². The Morgan fingerprint density at radius 3 is 2.44 bits per heavy atom.